The SMILES string of the molecule is COc1ccc(CNC(=O)c2ccc(OC)c(COc3ccccc3C)c2)cc1. The molecule has 0 aliphatic carbocycles. The lowest BCUT2D eigenvalue weighted by Crippen LogP contribution is -2.23. The number of hydrogen-bond donors (Lipinski definition) is 1. The minimum atomic E-state index is -0.152. The van der Waals surface area contributed by atoms with Gasteiger partial charge in [0.05, 0.1) is 14.2 Å². The highest BCUT2D eigenvalue weighted by molar-refractivity contribution is 5.94. The number of benzene rings is 3. The Morgan fingerprint density at radius 3 is 2.34 bits per heavy atom. The summed E-state index contributed by atoms with van der Waals surface area (Å²) in [4.78, 5) is 12.6. The first-order chi connectivity index (χ1) is 14.1. The van der Waals surface area contributed by atoms with Crippen LogP contribution in [0.15, 0.2) is 66.7 Å². The summed E-state index contributed by atoms with van der Waals surface area (Å²) in [6.07, 6.45) is 0. The zero-order valence-corrected chi connectivity index (χ0v) is 16.9. The fraction of sp³-hybridized carbons (Fsp3) is 0.208. The van der Waals surface area contributed by atoms with E-state index in [1.165, 1.54) is 0 Å². The number of aryl methyl sites for hydroxylation is 1. The van der Waals surface area contributed by atoms with Crippen molar-refractivity contribution >= 4 is 5.91 Å². The van der Waals surface area contributed by atoms with Crippen LogP contribution in [0, 0.1) is 6.92 Å². The van der Waals surface area contributed by atoms with Gasteiger partial charge >= 0.3 is 0 Å². The third-order valence-corrected chi connectivity index (χ3v) is 4.63. The quantitative estimate of drug-likeness (QED) is 0.613. The molecule has 0 spiro atoms. The molecule has 0 unspecified atom stereocenters. The van der Waals surface area contributed by atoms with Crippen molar-refractivity contribution in [3.8, 4) is 17.2 Å². The molecule has 5 heteroatoms. The van der Waals surface area contributed by atoms with E-state index in [-0.39, 0.29) is 5.91 Å². The molecule has 0 radical (unpaired) electrons. The molecule has 3 aromatic carbocycles. The Labute approximate surface area is 171 Å². The van der Waals surface area contributed by atoms with Crippen molar-refractivity contribution < 1.29 is 19.0 Å². The maximum atomic E-state index is 12.6. The fourth-order valence-corrected chi connectivity index (χ4v) is 2.93. The van der Waals surface area contributed by atoms with Gasteiger partial charge in [-0.2, -0.15) is 0 Å². The third kappa shape index (κ3) is 5.29. The van der Waals surface area contributed by atoms with E-state index in [0.29, 0.717) is 24.5 Å². The second kappa shape index (κ2) is 9.64. The monoisotopic (exact) mass is 391 g/mol. The number of hydrogen-bond acceptors (Lipinski definition) is 4. The highest BCUT2D eigenvalue weighted by atomic mass is 16.5. The number of rotatable bonds is 8. The van der Waals surface area contributed by atoms with Gasteiger partial charge < -0.3 is 19.5 Å². The van der Waals surface area contributed by atoms with E-state index in [9.17, 15) is 4.79 Å². The van der Waals surface area contributed by atoms with Crippen LogP contribution >= 0.6 is 0 Å². The predicted octanol–water partition coefficient (Wildman–Crippen LogP) is 4.52. The standard InChI is InChI=1S/C24H25NO4/c1-17-6-4-5-7-22(17)29-16-20-14-19(10-13-23(20)28-3)24(26)25-15-18-8-11-21(27-2)12-9-18/h4-14H,15-16H2,1-3H3,(H,25,26). The smallest absolute Gasteiger partial charge is 0.251 e. The number of ether oxygens (including phenoxy) is 3. The molecule has 3 aromatic rings. The van der Waals surface area contributed by atoms with Crippen LogP contribution in [0.2, 0.25) is 0 Å². The number of amides is 1. The summed E-state index contributed by atoms with van der Waals surface area (Å²) >= 11 is 0. The molecule has 0 aliphatic rings. The van der Waals surface area contributed by atoms with Gasteiger partial charge in [0, 0.05) is 17.7 Å². The van der Waals surface area contributed by atoms with Gasteiger partial charge in [0.2, 0.25) is 0 Å². The van der Waals surface area contributed by atoms with Crippen LogP contribution in [0.3, 0.4) is 0 Å². The summed E-state index contributed by atoms with van der Waals surface area (Å²) in [7, 11) is 3.23. The minimum Gasteiger partial charge on any atom is -0.497 e. The normalized spacial score (nSPS) is 10.3. The predicted molar refractivity (Wildman–Crippen MR) is 113 cm³/mol. The van der Waals surface area contributed by atoms with Crippen molar-refractivity contribution in [2.24, 2.45) is 0 Å². The second-order valence-corrected chi connectivity index (χ2v) is 6.61. The van der Waals surface area contributed by atoms with Gasteiger partial charge in [-0.05, 0) is 54.4 Å². The molecule has 0 aromatic heterocycles. The Hall–Kier alpha value is -3.47. The van der Waals surface area contributed by atoms with E-state index in [4.69, 9.17) is 14.2 Å². The Morgan fingerprint density at radius 1 is 0.897 bits per heavy atom. The van der Waals surface area contributed by atoms with Crippen LogP contribution < -0.4 is 19.5 Å². The number of carbonyl (C=O) groups excluding carboxylic acids is 1. The van der Waals surface area contributed by atoms with Crippen LogP contribution in [0.25, 0.3) is 0 Å². The van der Waals surface area contributed by atoms with Gasteiger partial charge in [-0.25, -0.2) is 0 Å². The first kappa shape index (κ1) is 20.3. The highest BCUT2D eigenvalue weighted by Crippen LogP contribution is 2.24. The van der Waals surface area contributed by atoms with E-state index >= 15 is 0 Å². The first-order valence-electron chi connectivity index (χ1n) is 9.37. The summed E-state index contributed by atoms with van der Waals surface area (Å²) in [5, 5.41) is 2.94. The Morgan fingerprint density at radius 2 is 1.66 bits per heavy atom. The molecule has 5 nitrogen and oxygen atoms in total. The van der Waals surface area contributed by atoms with E-state index in [0.717, 1.165) is 28.2 Å². The minimum absolute atomic E-state index is 0.152. The summed E-state index contributed by atoms with van der Waals surface area (Å²) in [5.41, 5.74) is 3.42. The van der Waals surface area contributed by atoms with Crippen molar-refractivity contribution in [1.29, 1.82) is 0 Å². The molecule has 0 fully saturated rings. The van der Waals surface area contributed by atoms with Crippen molar-refractivity contribution in [2.45, 2.75) is 20.1 Å². The van der Waals surface area contributed by atoms with Gasteiger partial charge in [-0.1, -0.05) is 30.3 Å². The number of carbonyl (C=O) groups is 1. The van der Waals surface area contributed by atoms with Gasteiger partial charge in [-0.15, -0.1) is 0 Å². The molecule has 3 rings (SSSR count). The van der Waals surface area contributed by atoms with Crippen LogP contribution in [0.5, 0.6) is 17.2 Å². The van der Waals surface area contributed by atoms with E-state index in [2.05, 4.69) is 5.32 Å². The maximum absolute atomic E-state index is 12.6. The lowest BCUT2D eigenvalue weighted by atomic mass is 10.1. The Kier molecular flexibility index (Phi) is 6.74. The average Bonchev–Trinajstić information content (AvgIpc) is 2.77. The third-order valence-electron chi connectivity index (χ3n) is 4.63. The van der Waals surface area contributed by atoms with Crippen LogP contribution in [0.1, 0.15) is 27.0 Å². The van der Waals surface area contributed by atoms with Crippen molar-refractivity contribution in [2.75, 3.05) is 14.2 Å². The van der Waals surface area contributed by atoms with Crippen molar-refractivity contribution in [1.82, 2.24) is 5.32 Å². The van der Waals surface area contributed by atoms with Gasteiger partial charge in [0.15, 0.2) is 0 Å². The summed E-state index contributed by atoms with van der Waals surface area (Å²) < 4.78 is 16.5. The van der Waals surface area contributed by atoms with Gasteiger partial charge in [-0.3, -0.25) is 4.79 Å². The molecular weight excluding hydrogens is 366 g/mol. The summed E-state index contributed by atoms with van der Waals surface area (Å²) in [6, 6.07) is 20.8. The van der Waals surface area contributed by atoms with E-state index in [1.54, 1.807) is 32.4 Å². The van der Waals surface area contributed by atoms with Crippen molar-refractivity contribution in [3.63, 3.8) is 0 Å². The number of para-hydroxylation sites is 1. The number of nitrogens with one attached hydrogen (secondary N) is 1. The zero-order valence-electron chi connectivity index (χ0n) is 16.9. The molecule has 0 saturated carbocycles. The zero-order chi connectivity index (χ0) is 20.6. The molecule has 150 valence electrons. The fourth-order valence-electron chi connectivity index (χ4n) is 2.93. The Balaban J connectivity index is 1.67. The lowest BCUT2D eigenvalue weighted by molar-refractivity contribution is 0.0950. The van der Waals surface area contributed by atoms with Crippen LogP contribution in [0.4, 0.5) is 0 Å². The molecule has 0 bridgehead atoms. The maximum Gasteiger partial charge on any atom is 0.251 e. The van der Waals surface area contributed by atoms with Crippen LogP contribution in [-0.4, -0.2) is 20.1 Å². The van der Waals surface area contributed by atoms with Crippen molar-refractivity contribution in [3.05, 3.63) is 89.0 Å². The molecular formula is C24H25NO4. The van der Waals surface area contributed by atoms with Crippen LogP contribution in [-0.2, 0) is 13.2 Å². The molecule has 1 N–H and O–H groups in total. The highest BCUT2D eigenvalue weighted by Gasteiger charge is 2.11. The number of methoxy groups -OCH3 is 2. The first-order valence-corrected chi connectivity index (χ1v) is 9.37. The molecule has 0 atom stereocenters. The van der Waals surface area contributed by atoms with Gasteiger partial charge in [0.25, 0.3) is 5.91 Å². The molecule has 1 amide bonds. The summed E-state index contributed by atoms with van der Waals surface area (Å²) in [5.74, 6) is 2.13. The second-order valence-electron chi connectivity index (χ2n) is 6.61. The van der Waals surface area contributed by atoms with E-state index in [1.807, 2.05) is 55.5 Å². The Bertz CT molecular complexity index is 967. The average molecular weight is 391 g/mol. The molecule has 0 saturated heterocycles. The molecule has 0 heterocycles. The summed E-state index contributed by atoms with van der Waals surface area (Å²) in [6.45, 7) is 2.74. The molecule has 0 aliphatic heterocycles. The van der Waals surface area contributed by atoms with Gasteiger partial charge in [0.1, 0.15) is 23.9 Å². The largest absolute Gasteiger partial charge is 0.497 e. The van der Waals surface area contributed by atoms with E-state index < -0.39 is 0 Å². The lowest BCUT2D eigenvalue weighted by Gasteiger charge is -2.13. The topological polar surface area (TPSA) is 56.8 Å². The molecule has 29 heavy (non-hydrogen) atoms.